The van der Waals surface area contributed by atoms with Gasteiger partial charge in [0.2, 0.25) is 0 Å². The Balaban J connectivity index is 2.14. The molecule has 0 unspecified atom stereocenters. The number of aliphatic hydroxyl groups is 2. The fourth-order valence-corrected chi connectivity index (χ4v) is 3.15. The van der Waals surface area contributed by atoms with Crippen molar-refractivity contribution in [2.75, 3.05) is 13.2 Å². The fraction of sp³-hybridized carbons (Fsp3) is 0.611. The van der Waals surface area contributed by atoms with E-state index in [9.17, 15) is 15.0 Å². The first-order chi connectivity index (χ1) is 10.9. The zero-order chi connectivity index (χ0) is 17.0. The molecule has 1 aromatic rings. The molecule has 1 aliphatic rings. The number of carbonyl (C=O) groups is 1. The Morgan fingerprint density at radius 1 is 1.43 bits per heavy atom. The maximum atomic E-state index is 12.6. The minimum absolute atomic E-state index is 0.00598. The van der Waals surface area contributed by atoms with Crippen molar-refractivity contribution in [1.82, 2.24) is 10.2 Å². The SMILES string of the molecule is Cc1ccc2c(c1)[C@H](NC(=O)N(C[C@@H](C)O)[C@@H](C)CO)CCC2. The molecule has 0 fully saturated rings. The van der Waals surface area contributed by atoms with Gasteiger partial charge in [-0.1, -0.05) is 23.8 Å². The quantitative estimate of drug-likeness (QED) is 0.778. The van der Waals surface area contributed by atoms with Gasteiger partial charge < -0.3 is 20.4 Å². The molecule has 5 heteroatoms. The van der Waals surface area contributed by atoms with Crippen molar-refractivity contribution in [3.8, 4) is 0 Å². The van der Waals surface area contributed by atoms with E-state index in [1.807, 2.05) is 0 Å². The topological polar surface area (TPSA) is 72.8 Å². The number of aryl methyl sites for hydroxylation is 2. The van der Waals surface area contributed by atoms with Crippen LogP contribution >= 0.6 is 0 Å². The number of benzene rings is 1. The molecule has 0 bridgehead atoms. The van der Waals surface area contributed by atoms with Gasteiger partial charge in [-0.15, -0.1) is 0 Å². The first-order valence-corrected chi connectivity index (χ1v) is 8.37. The van der Waals surface area contributed by atoms with Gasteiger partial charge in [-0.3, -0.25) is 0 Å². The standard InChI is InChI=1S/C18H28N2O3/c1-12-7-8-15-5-4-6-17(16(15)9-12)19-18(23)20(10-14(3)22)13(2)11-21/h7-9,13-14,17,21-22H,4-6,10-11H2,1-3H3,(H,19,23)/t13-,14+,17+/m0/s1. The molecule has 3 atom stereocenters. The van der Waals surface area contributed by atoms with Crippen molar-refractivity contribution < 1.29 is 15.0 Å². The van der Waals surface area contributed by atoms with E-state index in [0.29, 0.717) is 0 Å². The van der Waals surface area contributed by atoms with Crippen LogP contribution in [0.1, 0.15) is 49.4 Å². The minimum Gasteiger partial charge on any atom is -0.394 e. The van der Waals surface area contributed by atoms with Crippen LogP contribution in [0, 0.1) is 6.92 Å². The lowest BCUT2D eigenvalue weighted by atomic mass is 9.87. The van der Waals surface area contributed by atoms with Crippen LogP contribution in [-0.2, 0) is 6.42 Å². The zero-order valence-corrected chi connectivity index (χ0v) is 14.2. The summed E-state index contributed by atoms with van der Waals surface area (Å²) in [6.07, 6.45) is 2.38. The summed E-state index contributed by atoms with van der Waals surface area (Å²) in [7, 11) is 0. The predicted molar refractivity (Wildman–Crippen MR) is 90.3 cm³/mol. The summed E-state index contributed by atoms with van der Waals surface area (Å²) in [4.78, 5) is 14.1. The van der Waals surface area contributed by atoms with Crippen molar-refractivity contribution in [1.29, 1.82) is 0 Å². The van der Waals surface area contributed by atoms with Crippen molar-refractivity contribution in [2.45, 2.75) is 58.2 Å². The summed E-state index contributed by atoms with van der Waals surface area (Å²) >= 11 is 0. The van der Waals surface area contributed by atoms with Crippen LogP contribution in [0.2, 0.25) is 0 Å². The van der Waals surface area contributed by atoms with Gasteiger partial charge in [0.1, 0.15) is 0 Å². The predicted octanol–water partition coefficient (Wildman–Crippen LogP) is 2.15. The van der Waals surface area contributed by atoms with Gasteiger partial charge in [0.25, 0.3) is 0 Å². The molecule has 0 heterocycles. The van der Waals surface area contributed by atoms with Gasteiger partial charge in [0.15, 0.2) is 0 Å². The third-order valence-corrected chi connectivity index (χ3v) is 4.43. The van der Waals surface area contributed by atoms with Crippen LogP contribution in [0.15, 0.2) is 18.2 Å². The van der Waals surface area contributed by atoms with Crippen molar-refractivity contribution in [3.63, 3.8) is 0 Å². The fourth-order valence-electron chi connectivity index (χ4n) is 3.15. The number of hydrogen-bond acceptors (Lipinski definition) is 3. The molecule has 23 heavy (non-hydrogen) atoms. The number of nitrogens with zero attached hydrogens (tertiary/aromatic N) is 1. The Bertz CT molecular complexity index is 545. The normalized spacial score (nSPS) is 19.6. The number of rotatable bonds is 5. The second kappa shape index (κ2) is 7.79. The molecule has 1 aromatic carbocycles. The number of fused-ring (bicyclic) bond motifs is 1. The van der Waals surface area contributed by atoms with Crippen molar-refractivity contribution in [3.05, 3.63) is 34.9 Å². The Hall–Kier alpha value is -1.59. The lowest BCUT2D eigenvalue weighted by molar-refractivity contribution is 0.0920. The summed E-state index contributed by atoms with van der Waals surface area (Å²) in [5.74, 6) is 0. The summed E-state index contributed by atoms with van der Waals surface area (Å²) in [6.45, 7) is 5.56. The highest BCUT2D eigenvalue weighted by atomic mass is 16.3. The lowest BCUT2D eigenvalue weighted by Crippen LogP contribution is -2.50. The largest absolute Gasteiger partial charge is 0.394 e. The van der Waals surface area contributed by atoms with E-state index < -0.39 is 6.10 Å². The van der Waals surface area contributed by atoms with Gasteiger partial charge in [-0.05, 0) is 51.2 Å². The second-order valence-corrected chi connectivity index (χ2v) is 6.63. The summed E-state index contributed by atoms with van der Waals surface area (Å²) in [5.41, 5.74) is 3.68. The number of aliphatic hydroxyl groups excluding tert-OH is 2. The van der Waals surface area contributed by atoms with Crippen LogP contribution in [0.3, 0.4) is 0 Å². The Kier molecular flexibility index (Phi) is 6.02. The van der Waals surface area contributed by atoms with Crippen molar-refractivity contribution in [2.24, 2.45) is 0 Å². The molecule has 0 saturated heterocycles. The Morgan fingerprint density at radius 2 is 2.17 bits per heavy atom. The first kappa shape index (κ1) is 17.8. The average Bonchev–Trinajstić information content (AvgIpc) is 2.52. The second-order valence-electron chi connectivity index (χ2n) is 6.63. The molecule has 2 rings (SSSR count). The van der Waals surface area contributed by atoms with Crippen LogP contribution < -0.4 is 5.32 Å². The van der Waals surface area contributed by atoms with Crippen LogP contribution in [0.25, 0.3) is 0 Å². The monoisotopic (exact) mass is 320 g/mol. The molecule has 0 aromatic heterocycles. The smallest absolute Gasteiger partial charge is 0.318 e. The van der Waals surface area contributed by atoms with Gasteiger partial charge >= 0.3 is 6.03 Å². The zero-order valence-electron chi connectivity index (χ0n) is 14.2. The molecule has 5 nitrogen and oxygen atoms in total. The summed E-state index contributed by atoms with van der Waals surface area (Å²) in [5, 5.41) is 22.1. The number of amides is 2. The number of carbonyl (C=O) groups excluding carboxylic acids is 1. The van der Waals surface area contributed by atoms with E-state index in [1.165, 1.54) is 21.6 Å². The summed E-state index contributed by atoms with van der Waals surface area (Å²) in [6, 6.07) is 5.84. The van der Waals surface area contributed by atoms with Crippen LogP contribution in [0.5, 0.6) is 0 Å². The Labute approximate surface area is 138 Å². The average molecular weight is 320 g/mol. The molecule has 2 amide bonds. The first-order valence-electron chi connectivity index (χ1n) is 8.37. The lowest BCUT2D eigenvalue weighted by Gasteiger charge is -2.33. The van der Waals surface area contributed by atoms with Gasteiger partial charge in [0, 0.05) is 6.54 Å². The summed E-state index contributed by atoms with van der Waals surface area (Å²) < 4.78 is 0. The minimum atomic E-state index is -0.629. The molecular weight excluding hydrogens is 292 g/mol. The molecular formula is C18H28N2O3. The highest BCUT2D eigenvalue weighted by molar-refractivity contribution is 5.75. The molecule has 0 saturated carbocycles. The number of nitrogens with one attached hydrogen (secondary N) is 1. The Morgan fingerprint density at radius 3 is 2.83 bits per heavy atom. The maximum Gasteiger partial charge on any atom is 0.318 e. The highest BCUT2D eigenvalue weighted by Crippen LogP contribution is 2.30. The van der Waals surface area contributed by atoms with E-state index in [0.717, 1.165) is 19.3 Å². The molecule has 1 aliphatic carbocycles. The number of hydrogen-bond donors (Lipinski definition) is 3. The van der Waals surface area contributed by atoms with Crippen LogP contribution in [-0.4, -0.2) is 46.4 Å². The van der Waals surface area contributed by atoms with E-state index in [1.54, 1.807) is 13.8 Å². The van der Waals surface area contributed by atoms with E-state index in [-0.39, 0.29) is 31.3 Å². The molecule has 128 valence electrons. The van der Waals surface area contributed by atoms with Crippen molar-refractivity contribution >= 4 is 6.03 Å². The highest BCUT2D eigenvalue weighted by Gasteiger charge is 2.26. The molecule has 0 radical (unpaired) electrons. The molecule has 3 N–H and O–H groups in total. The van der Waals surface area contributed by atoms with E-state index in [4.69, 9.17) is 0 Å². The number of urea groups is 1. The third kappa shape index (κ3) is 4.45. The molecule has 0 aliphatic heterocycles. The molecule has 0 spiro atoms. The van der Waals surface area contributed by atoms with Crippen LogP contribution in [0.4, 0.5) is 4.79 Å². The maximum absolute atomic E-state index is 12.6. The van der Waals surface area contributed by atoms with E-state index in [2.05, 4.69) is 30.4 Å². The van der Waals surface area contributed by atoms with Gasteiger partial charge in [0.05, 0.1) is 24.8 Å². The van der Waals surface area contributed by atoms with Gasteiger partial charge in [-0.2, -0.15) is 0 Å². The third-order valence-electron chi connectivity index (χ3n) is 4.43. The van der Waals surface area contributed by atoms with Gasteiger partial charge in [-0.25, -0.2) is 4.79 Å². The van der Waals surface area contributed by atoms with E-state index >= 15 is 0 Å².